The normalized spacial score (nSPS) is 10.5. The van der Waals surface area contributed by atoms with Crippen LogP contribution in [0.15, 0.2) is 53.7 Å². The molecule has 0 radical (unpaired) electrons. The molecule has 2 aromatic heterocycles. The van der Waals surface area contributed by atoms with Crippen LogP contribution in [0.1, 0.15) is 16.1 Å². The molecule has 3 rings (SSSR count). The van der Waals surface area contributed by atoms with Gasteiger partial charge in [-0.3, -0.25) is 14.3 Å². The van der Waals surface area contributed by atoms with Crippen molar-refractivity contribution in [3.8, 4) is 11.4 Å². The lowest BCUT2D eigenvalue weighted by atomic mass is 10.2. The van der Waals surface area contributed by atoms with E-state index in [1.54, 1.807) is 66.3 Å². The Kier molecular flexibility index (Phi) is 4.60. The average Bonchev–Trinajstić information content (AvgIpc) is 3.07. The second-order valence-corrected chi connectivity index (χ2v) is 5.34. The number of carbonyl (C=O) groups is 1. The van der Waals surface area contributed by atoms with Crippen LogP contribution < -0.4 is 15.5 Å². The first-order valence-corrected chi connectivity index (χ1v) is 7.59. The maximum atomic E-state index is 12.0. The van der Waals surface area contributed by atoms with E-state index in [0.717, 1.165) is 5.69 Å². The zero-order valence-corrected chi connectivity index (χ0v) is 13.8. The molecule has 0 saturated heterocycles. The molecule has 128 valence electrons. The summed E-state index contributed by atoms with van der Waals surface area (Å²) in [6.45, 7) is 0.0270. The molecule has 0 bridgehead atoms. The molecule has 1 aromatic carbocycles. The van der Waals surface area contributed by atoms with E-state index in [2.05, 4.69) is 15.5 Å². The van der Waals surface area contributed by atoms with Gasteiger partial charge in [0, 0.05) is 31.9 Å². The number of hydrogen-bond acceptors (Lipinski definition) is 5. The number of carbonyl (C=O) groups excluding carboxylic acids is 1. The van der Waals surface area contributed by atoms with Crippen molar-refractivity contribution >= 4 is 5.91 Å². The number of benzene rings is 1. The minimum atomic E-state index is -0.206. The summed E-state index contributed by atoms with van der Waals surface area (Å²) in [5.74, 6) is 0.376. The molecule has 25 heavy (non-hydrogen) atoms. The second kappa shape index (κ2) is 7.00. The monoisotopic (exact) mass is 339 g/mol. The molecule has 0 unspecified atom stereocenters. The molecule has 2 heterocycles. The fourth-order valence-corrected chi connectivity index (χ4v) is 2.22. The van der Waals surface area contributed by atoms with Gasteiger partial charge in [-0.15, -0.1) is 0 Å². The van der Waals surface area contributed by atoms with Gasteiger partial charge in [-0.25, -0.2) is 4.68 Å². The molecular formula is C17H17N5O3. The number of rotatable bonds is 5. The topological polar surface area (TPSA) is 91.0 Å². The highest BCUT2D eigenvalue weighted by molar-refractivity contribution is 5.94. The van der Waals surface area contributed by atoms with E-state index in [4.69, 9.17) is 4.74 Å². The van der Waals surface area contributed by atoms with Gasteiger partial charge in [-0.1, -0.05) is 0 Å². The van der Waals surface area contributed by atoms with Gasteiger partial charge >= 0.3 is 0 Å². The molecule has 0 aliphatic heterocycles. The molecule has 0 atom stereocenters. The van der Waals surface area contributed by atoms with Crippen LogP contribution in [-0.2, 0) is 13.7 Å². The van der Waals surface area contributed by atoms with Crippen molar-refractivity contribution in [2.45, 2.75) is 6.61 Å². The summed E-state index contributed by atoms with van der Waals surface area (Å²) in [7, 11) is 3.37. The summed E-state index contributed by atoms with van der Waals surface area (Å²) < 4.78 is 8.83. The molecule has 8 nitrogen and oxygen atoms in total. The highest BCUT2D eigenvalue weighted by Gasteiger charge is 2.07. The lowest BCUT2D eigenvalue weighted by Crippen LogP contribution is -2.18. The van der Waals surface area contributed by atoms with Crippen LogP contribution >= 0.6 is 0 Å². The van der Waals surface area contributed by atoms with E-state index in [9.17, 15) is 9.59 Å². The van der Waals surface area contributed by atoms with E-state index in [1.807, 2.05) is 0 Å². The molecule has 0 fully saturated rings. The van der Waals surface area contributed by atoms with E-state index < -0.39 is 0 Å². The summed E-state index contributed by atoms with van der Waals surface area (Å²) in [4.78, 5) is 23.5. The van der Waals surface area contributed by atoms with Crippen molar-refractivity contribution in [3.63, 3.8) is 0 Å². The minimum absolute atomic E-state index is 0.0270. The minimum Gasteiger partial charge on any atom is -0.487 e. The predicted molar refractivity (Wildman–Crippen MR) is 90.8 cm³/mol. The first kappa shape index (κ1) is 16.4. The molecule has 3 aromatic rings. The Bertz CT molecular complexity index is 943. The number of ether oxygens (including phenoxy) is 1. The summed E-state index contributed by atoms with van der Waals surface area (Å²) in [5.41, 5.74) is 1.36. The smallest absolute Gasteiger partial charge is 0.251 e. The van der Waals surface area contributed by atoms with Crippen molar-refractivity contribution in [2.75, 3.05) is 7.05 Å². The van der Waals surface area contributed by atoms with Crippen molar-refractivity contribution in [3.05, 3.63) is 70.4 Å². The molecule has 0 aliphatic carbocycles. The van der Waals surface area contributed by atoms with Gasteiger partial charge in [0.25, 0.3) is 5.91 Å². The maximum Gasteiger partial charge on any atom is 0.251 e. The van der Waals surface area contributed by atoms with Crippen LogP contribution in [-0.4, -0.2) is 32.5 Å². The van der Waals surface area contributed by atoms with Crippen molar-refractivity contribution in [1.29, 1.82) is 0 Å². The fraction of sp³-hybridized carbons (Fsp3) is 0.176. The predicted octanol–water partition coefficient (Wildman–Crippen LogP) is 0.905. The quantitative estimate of drug-likeness (QED) is 0.746. The largest absolute Gasteiger partial charge is 0.487 e. The van der Waals surface area contributed by atoms with Crippen LogP contribution in [0.25, 0.3) is 5.69 Å². The van der Waals surface area contributed by atoms with E-state index >= 15 is 0 Å². The highest BCUT2D eigenvalue weighted by atomic mass is 16.5. The number of nitrogens with zero attached hydrogens (tertiary/aromatic N) is 4. The Labute approximate surface area is 143 Å². The number of aryl methyl sites for hydroxylation is 1. The lowest BCUT2D eigenvalue weighted by molar-refractivity contribution is 0.0963. The van der Waals surface area contributed by atoms with Crippen molar-refractivity contribution in [1.82, 2.24) is 24.9 Å². The highest BCUT2D eigenvalue weighted by Crippen LogP contribution is 2.13. The van der Waals surface area contributed by atoms with Gasteiger partial charge in [0.05, 0.1) is 12.4 Å². The molecule has 0 aliphatic rings. The Morgan fingerprint density at radius 2 is 2.00 bits per heavy atom. The van der Waals surface area contributed by atoms with E-state index in [0.29, 0.717) is 11.3 Å². The Morgan fingerprint density at radius 3 is 2.64 bits per heavy atom. The van der Waals surface area contributed by atoms with Crippen LogP contribution in [0.2, 0.25) is 0 Å². The maximum absolute atomic E-state index is 12.0. The molecular weight excluding hydrogens is 322 g/mol. The summed E-state index contributed by atoms with van der Waals surface area (Å²) in [5, 5.41) is 10.9. The number of hydrogen-bond donors (Lipinski definition) is 1. The van der Waals surface area contributed by atoms with E-state index in [-0.39, 0.29) is 23.6 Å². The summed E-state index contributed by atoms with van der Waals surface area (Å²) in [6.07, 6.45) is 5.03. The van der Waals surface area contributed by atoms with Crippen molar-refractivity contribution in [2.24, 2.45) is 7.05 Å². The fourth-order valence-electron chi connectivity index (χ4n) is 2.22. The Hall–Kier alpha value is -3.42. The number of amides is 1. The van der Waals surface area contributed by atoms with Gasteiger partial charge in [-0.05, 0) is 24.3 Å². The molecule has 1 N–H and O–H groups in total. The number of nitrogens with one attached hydrogen (secondary N) is 1. The molecule has 8 heteroatoms. The molecule has 0 saturated carbocycles. The van der Waals surface area contributed by atoms with Crippen LogP contribution in [0.5, 0.6) is 5.75 Å². The van der Waals surface area contributed by atoms with Crippen LogP contribution in [0, 0.1) is 0 Å². The van der Waals surface area contributed by atoms with Crippen LogP contribution in [0.4, 0.5) is 0 Å². The van der Waals surface area contributed by atoms with E-state index in [1.165, 1.54) is 6.07 Å². The first-order chi connectivity index (χ1) is 12.1. The van der Waals surface area contributed by atoms with Gasteiger partial charge < -0.3 is 10.1 Å². The SMILES string of the molecule is CNC(=O)c1ccc(OCc2nn(-c3cnn(C)c3)ccc2=O)cc1. The Morgan fingerprint density at radius 1 is 1.24 bits per heavy atom. The van der Waals surface area contributed by atoms with Crippen molar-refractivity contribution < 1.29 is 9.53 Å². The second-order valence-electron chi connectivity index (χ2n) is 5.34. The number of aromatic nitrogens is 4. The summed E-state index contributed by atoms with van der Waals surface area (Å²) >= 11 is 0. The van der Waals surface area contributed by atoms with Gasteiger partial charge in [-0.2, -0.15) is 10.2 Å². The van der Waals surface area contributed by atoms with Crippen LogP contribution in [0.3, 0.4) is 0 Å². The Balaban J connectivity index is 1.74. The van der Waals surface area contributed by atoms with Gasteiger partial charge in [0.15, 0.2) is 0 Å². The molecule has 1 amide bonds. The standard InChI is InChI=1S/C17H17N5O3/c1-18-17(24)12-3-5-14(6-4-12)25-11-15-16(23)7-8-22(20-15)13-9-19-21(2)10-13/h3-10H,11H2,1-2H3,(H,18,24). The zero-order chi connectivity index (χ0) is 17.8. The van der Waals surface area contributed by atoms with Gasteiger partial charge in [0.2, 0.25) is 5.43 Å². The first-order valence-electron chi connectivity index (χ1n) is 7.59. The zero-order valence-electron chi connectivity index (χ0n) is 13.8. The molecule has 0 spiro atoms. The third-order valence-corrected chi connectivity index (χ3v) is 3.55. The third-order valence-electron chi connectivity index (χ3n) is 3.55. The average molecular weight is 339 g/mol. The lowest BCUT2D eigenvalue weighted by Gasteiger charge is -2.08. The third kappa shape index (κ3) is 3.74. The van der Waals surface area contributed by atoms with Gasteiger partial charge in [0.1, 0.15) is 23.7 Å². The summed E-state index contributed by atoms with van der Waals surface area (Å²) in [6, 6.07) is 8.09.